The van der Waals surface area contributed by atoms with Gasteiger partial charge in [-0.15, -0.1) is 0 Å². The molecule has 100 valence electrons. The van der Waals surface area contributed by atoms with E-state index in [4.69, 9.17) is 5.73 Å². The molecule has 0 amide bonds. The van der Waals surface area contributed by atoms with Crippen LogP contribution < -0.4 is 5.73 Å². The summed E-state index contributed by atoms with van der Waals surface area (Å²) in [6, 6.07) is 9.21. The number of benzene rings is 1. The molecule has 0 saturated heterocycles. The molecule has 0 spiro atoms. The summed E-state index contributed by atoms with van der Waals surface area (Å²) in [4.78, 5) is 3.87. The largest absolute Gasteiger partial charge is 0.418 e. The third kappa shape index (κ3) is 3.12. The third-order valence-corrected chi connectivity index (χ3v) is 2.75. The summed E-state index contributed by atoms with van der Waals surface area (Å²) in [6.07, 6.45) is -2.42. The second-order valence-corrected chi connectivity index (χ2v) is 4.14. The van der Waals surface area contributed by atoms with E-state index in [0.717, 1.165) is 11.6 Å². The molecule has 0 radical (unpaired) electrons. The maximum Gasteiger partial charge on any atom is 0.418 e. The molecule has 0 aliphatic heterocycles. The zero-order valence-corrected chi connectivity index (χ0v) is 10.1. The summed E-state index contributed by atoms with van der Waals surface area (Å²) in [5, 5.41) is 0. The van der Waals surface area contributed by atoms with Gasteiger partial charge in [-0.25, -0.2) is 0 Å². The zero-order chi connectivity index (χ0) is 13.9. The smallest absolute Gasteiger partial charge is 0.330 e. The first kappa shape index (κ1) is 13.5. The molecule has 1 heterocycles. The first-order valence-corrected chi connectivity index (χ1v) is 5.84. The predicted molar refractivity (Wildman–Crippen MR) is 67.4 cm³/mol. The number of pyridine rings is 1. The maximum atomic E-state index is 12.9. The highest BCUT2D eigenvalue weighted by Crippen LogP contribution is 2.35. The summed E-state index contributed by atoms with van der Waals surface area (Å²) in [7, 11) is 0. The van der Waals surface area contributed by atoms with Crippen molar-refractivity contribution >= 4 is 0 Å². The molecule has 0 atom stereocenters. The van der Waals surface area contributed by atoms with Crippen LogP contribution in [-0.2, 0) is 12.6 Å². The van der Waals surface area contributed by atoms with Crippen molar-refractivity contribution in [1.29, 1.82) is 0 Å². The Bertz CT molecular complexity index is 565. The number of aromatic nitrogens is 1. The molecule has 2 aromatic rings. The van der Waals surface area contributed by atoms with Crippen molar-refractivity contribution < 1.29 is 13.2 Å². The van der Waals surface area contributed by atoms with Crippen molar-refractivity contribution in [2.24, 2.45) is 5.73 Å². The van der Waals surface area contributed by atoms with E-state index >= 15 is 0 Å². The number of hydrogen-bond donors (Lipinski definition) is 1. The molecule has 0 aliphatic rings. The lowest BCUT2D eigenvalue weighted by Gasteiger charge is -2.12. The second kappa shape index (κ2) is 5.40. The molecule has 0 aliphatic carbocycles. The average molecular weight is 266 g/mol. The fraction of sp³-hybridized carbons (Fsp3) is 0.214. The number of nitrogens with two attached hydrogens (primary N) is 1. The Labute approximate surface area is 109 Å². The number of rotatable bonds is 3. The number of halogens is 3. The second-order valence-electron chi connectivity index (χ2n) is 4.14. The van der Waals surface area contributed by atoms with Gasteiger partial charge in [0.1, 0.15) is 0 Å². The van der Waals surface area contributed by atoms with Gasteiger partial charge in [-0.05, 0) is 36.7 Å². The summed E-state index contributed by atoms with van der Waals surface area (Å²) < 4.78 is 38.8. The Morgan fingerprint density at radius 2 is 1.89 bits per heavy atom. The molecule has 0 bridgehead atoms. The lowest BCUT2D eigenvalue weighted by atomic mass is 10.0. The highest BCUT2D eigenvalue weighted by molar-refractivity contribution is 5.64. The van der Waals surface area contributed by atoms with Crippen LogP contribution in [0.1, 0.15) is 11.1 Å². The van der Waals surface area contributed by atoms with Gasteiger partial charge in [0, 0.05) is 11.8 Å². The summed E-state index contributed by atoms with van der Waals surface area (Å²) in [5.41, 5.74) is 6.04. The fourth-order valence-electron chi connectivity index (χ4n) is 1.90. The molecule has 0 unspecified atom stereocenters. The number of nitrogens with zero attached hydrogens (tertiary/aromatic N) is 1. The highest BCUT2D eigenvalue weighted by atomic mass is 19.4. The Hall–Kier alpha value is -1.88. The van der Waals surface area contributed by atoms with Crippen LogP contribution in [0, 0.1) is 0 Å². The molecular formula is C14H13F3N2. The Morgan fingerprint density at radius 1 is 1.11 bits per heavy atom. The van der Waals surface area contributed by atoms with Crippen LogP contribution >= 0.6 is 0 Å². The van der Waals surface area contributed by atoms with Crippen LogP contribution in [-0.4, -0.2) is 11.5 Å². The lowest BCUT2D eigenvalue weighted by Crippen LogP contribution is -2.08. The van der Waals surface area contributed by atoms with Crippen molar-refractivity contribution in [2.75, 3.05) is 6.54 Å². The lowest BCUT2D eigenvalue weighted by molar-refractivity contribution is -0.137. The minimum atomic E-state index is -4.41. The Kier molecular flexibility index (Phi) is 3.85. The molecular weight excluding hydrogens is 253 g/mol. The van der Waals surface area contributed by atoms with Crippen LogP contribution in [0.15, 0.2) is 42.6 Å². The van der Waals surface area contributed by atoms with Gasteiger partial charge in [0.2, 0.25) is 0 Å². The van der Waals surface area contributed by atoms with Gasteiger partial charge in [-0.1, -0.05) is 18.2 Å². The highest BCUT2D eigenvalue weighted by Gasteiger charge is 2.34. The van der Waals surface area contributed by atoms with E-state index in [0.29, 0.717) is 18.5 Å². The van der Waals surface area contributed by atoms with Crippen LogP contribution in [0.3, 0.4) is 0 Å². The van der Waals surface area contributed by atoms with Crippen molar-refractivity contribution in [1.82, 2.24) is 4.98 Å². The minimum absolute atomic E-state index is 0.0473. The monoisotopic (exact) mass is 266 g/mol. The molecule has 2 nitrogen and oxygen atoms in total. The van der Waals surface area contributed by atoms with Gasteiger partial charge in [0.05, 0.1) is 11.3 Å². The van der Waals surface area contributed by atoms with Crippen LogP contribution in [0.5, 0.6) is 0 Å². The quantitative estimate of drug-likeness (QED) is 0.926. The summed E-state index contributed by atoms with van der Waals surface area (Å²) in [5.74, 6) is 0. The summed E-state index contributed by atoms with van der Waals surface area (Å²) >= 11 is 0. The molecule has 19 heavy (non-hydrogen) atoms. The van der Waals surface area contributed by atoms with Crippen LogP contribution in [0.25, 0.3) is 11.3 Å². The maximum absolute atomic E-state index is 12.9. The van der Waals surface area contributed by atoms with Crippen molar-refractivity contribution in [3.8, 4) is 11.3 Å². The zero-order valence-electron chi connectivity index (χ0n) is 10.1. The normalized spacial score (nSPS) is 11.6. The number of alkyl halides is 3. The predicted octanol–water partition coefficient (Wildman–Crippen LogP) is 3.27. The minimum Gasteiger partial charge on any atom is -0.330 e. The van der Waals surface area contributed by atoms with E-state index in [9.17, 15) is 13.2 Å². The van der Waals surface area contributed by atoms with E-state index in [1.807, 2.05) is 6.07 Å². The first-order chi connectivity index (χ1) is 9.02. The van der Waals surface area contributed by atoms with Crippen LogP contribution in [0.4, 0.5) is 13.2 Å². The van der Waals surface area contributed by atoms with Gasteiger partial charge >= 0.3 is 6.18 Å². The third-order valence-electron chi connectivity index (χ3n) is 2.75. The van der Waals surface area contributed by atoms with E-state index in [-0.39, 0.29) is 5.69 Å². The van der Waals surface area contributed by atoms with Gasteiger partial charge in [0.15, 0.2) is 0 Å². The fourth-order valence-corrected chi connectivity index (χ4v) is 1.90. The van der Waals surface area contributed by atoms with Gasteiger partial charge < -0.3 is 5.73 Å². The molecule has 1 aromatic heterocycles. The molecule has 0 saturated carbocycles. The number of hydrogen-bond acceptors (Lipinski definition) is 2. The topological polar surface area (TPSA) is 38.9 Å². The van der Waals surface area contributed by atoms with Gasteiger partial charge in [-0.2, -0.15) is 13.2 Å². The van der Waals surface area contributed by atoms with Crippen molar-refractivity contribution in [3.05, 3.63) is 53.7 Å². The molecule has 2 N–H and O–H groups in total. The Morgan fingerprint density at radius 3 is 2.58 bits per heavy atom. The molecule has 5 heteroatoms. The standard InChI is InChI=1S/C14H13F3N2/c15-14(16,17)12-5-2-8-19-13(12)11-4-1-3-10(9-11)6-7-18/h1-5,8-9H,6-7,18H2. The van der Waals surface area contributed by atoms with Gasteiger partial charge in [0.25, 0.3) is 0 Å². The van der Waals surface area contributed by atoms with Crippen molar-refractivity contribution in [2.45, 2.75) is 12.6 Å². The summed E-state index contributed by atoms with van der Waals surface area (Å²) in [6.45, 7) is 0.456. The molecule has 2 rings (SSSR count). The molecule has 1 aromatic carbocycles. The van der Waals surface area contributed by atoms with E-state index in [1.165, 1.54) is 12.3 Å². The van der Waals surface area contributed by atoms with E-state index < -0.39 is 11.7 Å². The first-order valence-electron chi connectivity index (χ1n) is 5.84. The van der Waals surface area contributed by atoms with Crippen LogP contribution in [0.2, 0.25) is 0 Å². The average Bonchev–Trinajstić information content (AvgIpc) is 2.38. The molecule has 0 fully saturated rings. The van der Waals surface area contributed by atoms with Gasteiger partial charge in [-0.3, -0.25) is 4.98 Å². The van der Waals surface area contributed by atoms with Crippen molar-refractivity contribution in [3.63, 3.8) is 0 Å². The Balaban J connectivity index is 2.50. The van der Waals surface area contributed by atoms with E-state index in [1.54, 1.807) is 18.2 Å². The SMILES string of the molecule is NCCc1cccc(-c2ncccc2C(F)(F)F)c1. The van der Waals surface area contributed by atoms with E-state index in [2.05, 4.69) is 4.98 Å².